The molecule has 0 radical (unpaired) electrons. The van der Waals surface area contributed by atoms with Crippen LogP contribution in [0.5, 0.6) is 0 Å². The number of furan rings is 1. The van der Waals surface area contributed by atoms with Gasteiger partial charge in [0.2, 0.25) is 5.91 Å². The van der Waals surface area contributed by atoms with Gasteiger partial charge in [-0.25, -0.2) is 0 Å². The van der Waals surface area contributed by atoms with Crippen LogP contribution >= 0.6 is 0 Å². The quantitative estimate of drug-likeness (QED) is 0.861. The van der Waals surface area contributed by atoms with Crippen molar-refractivity contribution in [1.82, 2.24) is 5.32 Å². The second-order valence-corrected chi connectivity index (χ2v) is 6.45. The first-order chi connectivity index (χ1) is 10.4. The van der Waals surface area contributed by atoms with Crippen molar-refractivity contribution >= 4 is 16.9 Å². The van der Waals surface area contributed by atoms with Crippen LogP contribution in [-0.2, 0) is 11.2 Å². The smallest absolute Gasteiger partial charge is 0.224 e. The Morgan fingerprint density at radius 1 is 1.32 bits per heavy atom. The van der Waals surface area contributed by atoms with Crippen LogP contribution in [0.1, 0.15) is 37.0 Å². The Labute approximate surface area is 132 Å². The molecule has 0 spiro atoms. The van der Waals surface area contributed by atoms with Gasteiger partial charge in [-0.2, -0.15) is 0 Å². The highest BCUT2D eigenvalue weighted by Gasteiger charge is 2.16. The third kappa shape index (κ3) is 3.69. The minimum Gasteiger partial charge on any atom is -0.464 e. The lowest BCUT2D eigenvalue weighted by Crippen LogP contribution is -2.41. The molecule has 4 nitrogen and oxygen atoms in total. The molecular weight excluding hydrogens is 276 g/mol. The monoisotopic (exact) mass is 302 g/mol. The van der Waals surface area contributed by atoms with Gasteiger partial charge in [-0.3, -0.25) is 4.79 Å². The van der Waals surface area contributed by atoms with Crippen LogP contribution in [0.15, 0.2) is 22.8 Å². The van der Waals surface area contributed by atoms with Gasteiger partial charge in [0.25, 0.3) is 0 Å². The van der Waals surface area contributed by atoms with Crippen LogP contribution in [0.4, 0.5) is 0 Å². The second kappa shape index (κ2) is 6.97. The molecule has 3 N–H and O–H groups in total. The molecule has 0 saturated carbocycles. The van der Waals surface area contributed by atoms with Crippen molar-refractivity contribution in [2.24, 2.45) is 11.7 Å². The normalized spacial score (nSPS) is 12.8. The van der Waals surface area contributed by atoms with Crippen molar-refractivity contribution in [3.05, 3.63) is 35.1 Å². The summed E-state index contributed by atoms with van der Waals surface area (Å²) in [6.07, 6.45) is 2.91. The molecule has 0 saturated heterocycles. The first-order valence-electron chi connectivity index (χ1n) is 7.88. The maximum atomic E-state index is 12.2. The summed E-state index contributed by atoms with van der Waals surface area (Å²) in [5, 5.41) is 4.04. The van der Waals surface area contributed by atoms with Crippen LogP contribution in [0, 0.1) is 19.8 Å². The van der Waals surface area contributed by atoms with E-state index in [1.807, 2.05) is 13.0 Å². The van der Waals surface area contributed by atoms with E-state index in [0.29, 0.717) is 18.9 Å². The number of hydrogen-bond donors (Lipinski definition) is 2. The van der Waals surface area contributed by atoms with Gasteiger partial charge in [0.05, 0.1) is 12.7 Å². The fourth-order valence-corrected chi connectivity index (χ4v) is 2.76. The number of amides is 1. The van der Waals surface area contributed by atoms with Crippen LogP contribution in [0.25, 0.3) is 11.0 Å². The number of hydrogen-bond acceptors (Lipinski definition) is 3. The lowest BCUT2D eigenvalue weighted by Gasteiger charge is -2.18. The van der Waals surface area contributed by atoms with E-state index in [0.717, 1.165) is 28.5 Å². The minimum atomic E-state index is -0.00275. The fourth-order valence-electron chi connectivity index (χ4n) is 2.76. The summed E-state index contributed by atoms with van der Waals surface area (Å²) in [6.45, 7) is 8.82. The molecule has 0 aliphatic carbocycles. The predicted octanol–water partition coefficient (Wildman–Crippen LogP) is 3.08. The number of benzene rings is 1. The number of carbonyl (C=O) groups excluding carboxylic acids is 1. The standard InChI is InChI=1S/C18H26N2O2/c1-11(2)7-15(9-19)20-17(21)8-14-10-22-18-13(4)12(3)5-6-16(14)18/h5-6,10-11,15H,7-9,19H2,1-4H3,(H,20,21). The number of nitrogens with one attached hydrogen (secondary N) is 1. The van der Waals surface area contributed by atoms with Crippen LogP contribution in [0.2, 0.25) is 0 Å². The molecule has 0 aliphatic rings. The Balaban J connectivity index is 2.10. The summed E-state index contributed by atoms with van der Waals surface area (Å²) >= 11 is 0. The van der Waals surface area contributed by atoms with E-state index in [1.165, 1.54) is 5.56 Å². The summed E-state index contributed by atoms with van der Waals surface area (Å²) in [4.78, 5) is 12.2. The molecule has 1 aromatic carbocycles. The van der Waals surface area contributed by atoms with E-state index >= 15 is 0 Å². The molecule has 120 valence electrons. The first-order valence-corrected chi connectivity index (χ1v) is 7.88. The van der Waals surface area contributed by atoms with Gasteiger partial charge in [-0.15, -0.1) is 0 Å². The molecule has 0 fully saturated rings. The Morgan fingerprint density at radius 2 is 2.05 bits per heavy atom. The minimum absolute atomic E-state index is 0.00275. The Kier molecular flexibility index (Phi) is 5.24. The van der Waals surface area contributed by atoms with Gasteiger partial charge < -0.3 is 15.5 Å². The summed E-state index contributed by atoms with van der Waals surface area (Å²) in [6, 6.07) is 4.13. The van der Waals surface area contributed by atoms with Crippen molar-refractivity contribution in [2.45, 2.75) is 46.6 Å². The second-order valence-electron chi connectivity index (χ2n) is 6.45. The summed E-state index contributed by atoms with van der Waals surface area (Å²) in [7, 11) is 0. The zero-order valence-corrected chi connectivity index (χ0v) is 13.9. The van der Waals surface area contributed by atoms with Crippen molar-refractivity contribution in [1.29, 1.82) is 0 Å². The lowest BCUT2D eigenvalue weighted by molar-refractivity contribution is -0.121. The van der Waals surface area contributed by atoms with Gasteiger partial charge in [0.15, 0.2) is 0 Å². The highest BCUT2D eigenvalue weighted by atomic mass is 16.3. The number of aryl methyl sites for hydroxylation is 2. The molecular formula is C18H26N2O2. The van der Waals surface area contributed by atoms with E-state index < -0.39 is 0 Å². The summed E-state index contributed by atoms with van der Waals surface area (Å²) in [5.41, 5.74) is 9.86. The van der Waals surface area contributed by atoms with E-state index in [9.17, 15) is 4.79 Å². The van der Waals surface area contributed by atoms with Gasteiger partial charge in [0.1, 0.15) is 5.58 Å². The van der Waals surface area contributed by atoms with Crippen molar-refractivity contribution < 1.29 is 9.21 Å². The first kappa shape index (κ1) is 16.6. The molecule has 1 atom stereocenters. The van der Waals surface area contributed by atoms with Gasteiger partial charge in [-0.05, 0) is 37.3 Å². The molecule has 1 heterocycles. The maximum Gasteiger partial charge on any atom is 0.224 e. The lowest BCUT2D eigenvalue weighted by atomic mass is 10.0. The third-order valence-corrected chi connectivity index (χ3v) is 4.10. The summed E-state index contributed by atoms with van der Waals surface area (Å²) < 4.78 is 5.65. The SMILES string of the molecule is Cc1ccc2c(CC(=O)NC(CN)CC(C)C)coc2c1C. The number of rotatable bonds is 6. The van der Waals surface area contributed by atoms with Gasteiger partial charge in [0, 0.05) is 23.5 Å². The molecule has 2 rings (SSSR count). The Bertz CT molecular complexity index is 658. The van der Waals surface area contributed by atoms with Crippen molar-refractivity contribution in [3.63, 3.8) is 0 Å². The Morgan fingerprint density at radius 3 is 2.68 bits per heavy atom. The number of nitrogens with two attached hydrogens (primary N) is 1. The summed E-state index contributed by atoms with van der Waals surface area (Å²) in [5.74, 6) is 0.506. The van der Waals surface area contributed by atoms with Crippen LogP contribution in [-0.4, -0.2) is 18.5 Å². The zero-order chi connectivity index (χ0) is 16.3. The molecule has 1 unspecified atom stereocenters. The maximum absolute atomic E-state index is 12.2. The Hall–Kier alpha value is -1.81. The largest absolute Gasteiger partial charge is 0.464 e. The topological polar surface area (TPSA) is 68.3 Å². The van der Waals surface area contributed by atoms with Crippen molar-refractivity contribution in [3.8, 4) is 0 Å². The average molecular weight is 302 g/mol. The molecule has 22 heavy (non-hydrogen) atoms. The molecule has 1 amide bonds. The highest BCUT2D eigenvalue weighted by molar-refractivity contribution is 5.89. The van der Waals surface area contributed by atoms with E-state index in [4.69, 9.17) is 10.2 Å². The fraction of sp³-hybridized carbons (Fsp3) is 0.500. The third-order valence-electron chi connectivity index (χ3n) is 4.10. The van der Waals surface area contributed by atoms with E-state index in [2.05, 4.69) is 32.2 Å². The molecule has 1 aromatic heterocycles. The molecule has 0 bridgehead atoms. The van der Waals surface area contributed by atoms with Gasteiger partial charge in [-0.1, -0.05) is 26.0 Å². The number of carbonyl (C=O) groups is 1. The molecule has 4 heteroatoms. The van der Waals surface area contributed by atoms with E-state index in [1.54, 1.807) is 6.26 Å². The van der Waals surface area contributed by atoms with Crippen LogP contribution in [0.3, 0.4) is 0 Å². The van der Waals surface area contributed by atoms with Crippen LogP contribution < -0.4 is 11.1 Å². The van der Waals surface area contributed by atoms with Crippen molar-refractivity contribution in [2.75, 3.05) is 6.54 Å². The van der Waals surface area contributed by atoms with Gasteiger partial charge >= 0.3 is 0 Å². The highest BCUT2D eigenvalue weighted by Crippen LogP contribution is 2.26. The predicted molar refractivity (Wildman–Crippen MR) is 89.8 cm³/mol. The molecule has 2 aromatic rings. The number of fused-ring (bicyclic) bond motifs is 1. The average Bonchev–Trinajstić information content (AvgIpc) is 2.85. The van der Waals surface area contributed by atoms with E-state index in [-0.39, 0.29) is 11.9 Å². The zero-order valence-electron chi connectivity index (χ0n) is 13.9. The molecule has 0 aliphatic heterocycles.